The van der Waals surface area contributed by atoms with Crippen LogP contribution in [-0.4, -0.2) is 23.5 Å². The van der Waals surface area contributed by atoms with Crippen LogP contribution in [-0.2, 0) is 29.3 Å². The maximum absolute atomic E-state index is 13.2. The molecule has 4 nitrogen and oxygen atoms in total. The zero-order valence-electron chi connectivity index (χ0n) is 16.2. The number of carbonyl (C=O) groups excluding carboxylic acids is 1. The number of fused-ring (bicyclic) bond motifs is 3. The first-order valence-electron chi connectivity index (χ1n) is 10.0. The topological polar surface area (TPSA) is 38.8 Å². The zero-order chi connectivity index (χ0) is 19.6. The van der Waals surface area contributed by atoms with Crippen molar-refractivity contribution in [2.24, 2.45) is 0 Å². The van der Waals surface area contributed by atoms with Crippen molar-refractivity contribution >= 4 is 5.91 Å². The van der Waals surface area contributed by atoms with Crippen LogP contribution in [0.4, 0.5) is 0 Å². The molecule has 29 heavy (non-hydrogen) atoms. The maximum Gasteiger partial charge on any atom is 0.233 e. The summed E-state index contributed by atoms with van der Waals surface area (Å²) in [4.78, 5) is 15.1. The van der Waals surface area contributed by atoms with Gasteiger partial charge in [-0.1, -0.05) is 66.7 Å². The molecular formula is C25H23NO3. The van der Waals surface area contributed by atoms with Gasteiger partial charge in [-0.05, 0) is 34.4 Å². The van der Waals surface area contributed by atoms with E-state index in [9.17, 15) is 4.79 Å². The minimum absolute atomic E-state index is 0.0944. The normalized spacial score (nSPS) is 20.3. The second-order valence-electron chi connectivity index (χ2n) is 7.67. The Labute approximate surface area is 170 Å². The number of ether oxygens (including phenoxy) is 2. The molecule has 5 rings (SSSR count). The van der Waals surface area contributed by atoms with Gasteiger partial charge in [-0.3, -0.25) is 4.79 Å². The fourth-order valence-electron chi connectivity index (χ4n) is 4.22. The first-order valence-corrected chi connectivity index (χ1v) is 10.0. The highest BCUT2D eigenvalue weighted by Crippen LogP contribution is 2.39. The Bertz CT molecular complexity index is 1000. The van der Waals surface area contributed by atoms with Crippen LogP contribution < -0.4 is 4.74 Å². The molecule has 146 valence electrons. The number of carbonyl (C=O) groups is 1. The SMILES string of the molecule is O=C1[C@H]2c3cc(OCc4ccccc4)ccc3CO[C@H]2CN1Cc1ccccc1. The van der Waals surface area contributed by atoms with Crippen LogP contribution in [0.3, 0.4) is 0 Å². The summed E-state index contributed by atoms with van der Waals surface area (Å²) in [6.45, 7) is 2.31. The summed E-state index contributed by atoms with van der Waals surface area (Å²) in [6.07, 6.45) is -0.0944. The summed E-state index contributed by atoms with van der Waals surface area (Å²) in [5.41, 5.74) is 4.39. The standard InChI is InChI=1S/C25H23NO3/c27-25-24-22-13-21(28-16-19-9-5-2-6-10-19)12-11-20(22)17-29-23(24)15-26(25)14-18-7-3-1-4-8-18/h1-13,23-24H,14-17H2/t23-,24-/m0/s1. The Hall–Kier alpha value is -3.11. The van der Waals surface area contributed by atoms with Crippen molar-refractivity contribution < 1.29 is 14.3 Å². The predicted octanol–water partition coefficient (Wildman–Crippen LogP) is 4.29. The molecule has 2 aliphatic rings. The summed E-state index contributed by atoms with van der Waals surface area (Å²) >= 11 is 0. The fourth-order valence-corrected chi connectivity index (χ4v) is 4.22. The van der Waals surface area contributed by atoms with E-state index < -0.39 is 0 Å². The van der Waals surface area contributed by atoms with Crippen molar-refractivity contribution in [2.75, 3.05) is 6.54 Å². The van der Waals surface area contributed by atoms with Crippen LogP contribution in [0.25, 0.3) is 0 Å². The average molecular weight is 385 g/mol. The van der Waals surface area contributed by atoms with E-state index in [1.807, 2.05) is 71.6 Å². The highest BCUT2D eigenvalue weighted by Gasteiger charge is 2.45. The number of nitrogens with zero attached hydrogens (tertiary/aromatic N) is 1. The summed E-state index contributed by atoms with van der Waals surface area (Å²) in [6, 6.07) is 26.2. The van der Waals surface area contributed by atoms with Crippen molar-refractivity contribution in [3.05, 3.63) is 101 Å². The number of hydrogen-bond donors (Lipinski definition) is 0. The van der Waals surface area contributed by atoms with Crippen molar-refractivity contribution in [3.63, 3.8) is 0 Å². The van der Waals surface area contributed by atoms with Crippen LogP contribution in [0.5, 0.6) is 5.75 Å². The van der Waals surface area contributed by atoms with Crippen LogP contribution >= 0.6 is 0 Å². The number of likely N-dealkylation sites (tertiary alicyclic amines) is 1. The van der Waals surface area contributed by atoms with Gasteiger partial charge in [-0.2, -0.15) is 0 Å². The maximum atomic E-state index is 13.2. The quantitative estimate of drug-likeness (QED) is 0.658. The summed E-state index contributed by atoms with van der Waals surface area (Å²) in [5.74, 6) is 0.685. The highest BCUT2D eigenvalue weighted by molar-refractivity contribution is 5.87. The van der Waals surface area contributed by atoms with E-state index in [1.54, 1.807) is 0 Å². The monoisotopic (exact) mass is 385 g/mol. The molecule has 0 aliphatic carbocycles. The molecular weight excluding hydrogens is 362 g/mol. The second kappa shape index (κ2) is 7.72. The van der Waals surface area contributed by atoms with Gasteiger partial charge in [0.25, 0.3) is 0 Å². The number of benzene rings is 3. The smallest absolute Gasteiger partial charge is 0.233 e. The molecule has 0 radical (unpaired) electrons. The zero-order valence-corrected chi connectivity index (χ0v) is 16.2. The summed E-state index contributed by atoms with van der Waals surface area (Å²) < 4.78 is 12.0. The lowest BCUT2D eigenvalue weighted by Gasteiger charge is -2.26. The van der Waals surface area contributed by atoms with Gasteiger partial charge in [-0.15, -0.1) is 0 Å². The van der Waals surface area contributed by atoms with Crippen LogP contribution in [0.2, 0.25) is 0 Å². The van der Waals surface area contributed by atoms with Crippen molar-refractivity contribution in [2.45, 2.75) is 31.8 Å². The molecule has 0 spiro atoms. The van der Waals surface area contributed by atoms with Gasteiger partial charge >= 0.3 is 0 Å². The van der Waals surface area contributed by atoms with E-state index >= 15 is 0 Å². The molecule has 4 heteroatoms. The molecule has 2 heterocycles. The van der Waals surface area contributed by atoms with E-state index in [4.69, 9.17) is 9.47 Å². The molecule has 0 bridgehead atoms. The van der Waals surface area contributed by atoms with Gasteiger partial charge < -0.3 is 14.4 Å². The van der Waals surface area contributed by atoms with E-state index in [-0.39, 0.29) is 17.9 Å². The third-order valence-corrected chi connectivity index (χ3v) is 5.72. The molecule has 2 atom stereocenters. The van der Waals surface area contributed by atoms with Crippen molar-refractivity contribution in [1.29, 1.82) is 0 Å². The number of rotatable bonds is 5. The third kappa shape index (κ3) is 3.64. The molecule has 0 saturated carbocycles. The number of hydrogen-bond acceptors (Lipinski definition) is 3. The lowest BCUT2D eigenvalue weighted by Crippen LogP contribution is -2.28. The van der Waals surface area contributed by atoms with Gasteiger partial charge in [0.1, 0.15) is 12.4 Å². The lowest BCUT2D eigenvalue weighted by atomic mass is 9.89. The Morgan fingerprint density at radius 1 is 0.931 bits per heavy atom. The molecule has 0 N–H and O–H groups in total. The van der Waals surface area contributed by atoms with Crippen molar-refractivity contribution in [1.82, 2.24) is 4.90 Å². The Balaban J connectivity index is 1.35. The fraction of sp³-hybridized carbons (Fsp3) is 0.240. The molecule has 0 unspecified atom stereocenters. The lowest BCUT2D eigenvalue weighted by molar-refractivity contribution is -0.130. The van der Waals surface area contributed by atoms with E-state index in [2.05, 4.69) is 12.1 Å². The minimum Gasteiger partial charge on any atom is -0.489 e. The first-order chi connectivity index (χ1) is 14.3. The molecule has 1 amide bonds. The molecule has 3 aromatic carbocycles. The van der Waals surface area contributed by atoms with Gasteiger partial charge in [0.15, 0.2) is 0 Å². The molecule has 1 saturated heterocycles. The van der Waals surface area contributed by atoms with E-state index in [0.29, 0.717) is 26.3 Å². The Morgan fingerprint density at radius 2 is 1.66 bits per heavy atom. The predicted molar refractivity (Wildman–Crippen MR) is 110 cm³/mol. The highest BCUT2D eigenvalue weighted by atomic mass is 16.5. The molecule has 2 aliphatic heterocycles. The van der Waals surface area contributed by atoms with Gasteiger partial charge in [0.05, 0.1) is 18.6 Å². The van der Waals surface area contributed by atoms with E-state index in [1.165, 1.54) is 0 Å². The van der Waals surface area contributed by atoms with Crippen molar-refractivity contribution in [3.8, 4) is 5.75 Å². The summed E-state index contributed by atoms with van der Waals surface area (Å²) in [7, 11) is 0. The largest absolute Gasteiger partial charge is 0.489 e. The minimum atomic E-state index is -0.247. The molecule has 0 aromatic heterocycles. The van der Waals surface area contributed by atoms with Crippen LogP contribution in [0.1, 0.15) is 28.2 Å². The Morgan fingerprint density at radius 3 is 2.41 bits per heavy atom. The Kier molecular flexibility index (Phi) is 4.78. The average Bonchev–Trinajstić information content (AvgIpc) is 3.09. The van der Waals surface area contributed by atoms with Gasteiger partial charge in [-0.25, -0.2) is 0 Å². The van der Waals surface area contributed by atoms with E-state index in [0.717, 1.165) is 28.0 Å². The first kappa shape index (κ1) is 18.0. The molecule has 3 aromatic rings. The number of amides is 1. The summed E-state index contributed by atoms with van der Waals surface area (Å²) in [5, 5.41) is 0. The van der Waals surface area contributed by atoms with Crippen LogP contribution in [0.15, 0.2) is 78.9 Å². The van der Waals surface area contributed by atoms with Gasteiger partial charge in [0, 0.05) is 13.1 Å². The third-order valence-electron chi connectivity index (χ3n) is 5.72. The molecule has 1 fully saturated rings. The van der Waals surface area contributed by atoms with Crippen LogP contribution in [0, 0.1) is 0 Å². The second-order valence-corrected chi connectivity index (χ2v) is 7.67. The van der Waals surface area contributed by atoms with Gasteiger partial charge in [0.2, 0.25) is 5.91 Å².